The van der Waals surface area contributed by atoms with Gasteiger partial charge in [-0.1, -0.05) is 24.3 Å². The average molecular weight is 367 g/mol. The van der Waals surface area contributed by atoms with Crippen molar-refractivity contribution in [2.45, 2.75) is 44.7 Å². The fourth-order valence-corrected chi connectivity index (χ4v) is 4.06. The Hall–Kier alpha value is -2.14. The number of rotatable bonds is 6. The molecule has 0 N–H and O–H groups in total. The fourth-order valence-electron chi connectivity index (χ4n) is 4.06. The number of aromatic nitrogens is 2. The number of hydrogen-bond donors (Lipinski definition) is 0. The third-order valence-electron chi connectivity index (χ3n) is 6.03. The van der Waals surface area contributed by atoms with Gasteiger partial charge in [-0.15, -0.1) is 0 Å². The maximum Gasteiger partial charge on any atom is 0.272 e. The minimum atomic E-state index is 0.0906. The van der Waals surface area contributed by atoms with Crippen LogP contribution in [0.15, 0.2) is 36.5 Å². The van der Waals surface area contributed by atoms with Crippen LogP contribution in [0.1, 0.15) is 47.3 Å². The first-order valence-corrected chi connectivity index (χ1v) is 10.2. The zero-order chi connectivity index (χ0) is 18.8. The molecular formula is C22H30N4O. The van der Waals surface area contributed by atoms with Gasteiger partial charge in [-0.25, -0.2) is 0 Å². The van der Waals surface area contributed by atoms with Crippen molar-refractivity contribution in [3.63, 3.8) is 0 Å². The lowest BCUT2D eigenvalue weighted by Gasteiger charge is -2.29. The minimum Gasteiger partial charge on any atom is -0.330 e. The quantitative estimate of drug-likeness (QED) is 0.789. The topological polar surface area (TPSA) is 41.4 Å². The van der Waals surface area contributed by atoms with Crippen LogP contribution in [0.3, 0.4) is 0 Å². The minimum absolute atomic E-state index is 0.0906. The van der Waals surface area contributed by atoms with Crippen molar-refractivity contribution in [2.24, 2.45) is 13.0 Å². The van der Waals surface area contributed by atoms with Gasteiger partial charge in [-0.2, -0.15) is 5.10 Å². The van der Waals surface area contributed by atoms with Gasteiger partial charge in [0.15, 0.2) is 0 Å². The smallest absolute Gasteiger partial charge is 0.272 e. The molecule has 5 nitrogen and oxygen atoms in total. The molecule has 0 radical (unpaired) electrons. The van der Waals surface area contributed by atoms with Crippen molar-refractivity contribution in [3.8, 4) is 0 Å². The summed E-state index contributed by atoms with van der Waals surface area (Å²) in [4.78, 5) is 17.4. The molecule has 5 heteroatoms. The van der Waals surface area contributed by atoms with E-state index in [1.807, 2.05) is 18.0 Å². The van der Waals surface area contributed by atoms with E-state index in [2.05, 4.69) is 41.3 Å². The van der Waals surface area contributed by atoms with Crippen LogP contribution >= 0.6 is 0 Å². The number of nitrogens with zero attached hydrogens (tertiary/aromatic N) is 4. The van der Waals surface area contributed by atoms with Gasteiger partial charge in [0.05, 0.1) is 0 Å². The van der Waals surface area contributed by atoms with Gasteiger partial charge < -0.3 is 9.80 Å². The van der Waals surface area contributed by atoms with Crippen LogP contribution in [0.25, 0.3) is 0 Å². The molecule has 1 saturated heterocycles. The van der Waals surface area contributed by atoms with Crippen molar-refractivity contribution in [1.29, 1.82) is 0 Å². The second-order valence-electron chi connectivity index (χ2n) is 8.27. The molecule has 0 atom stereocenters. The van der Waals surface area contributed by atoms with Crippen LogP contribution < -0.4 is 0 Å². The zero-order valence-electron chi connectivity index (χ0n) is 16.5. The summed E-state index contributed by atoms with van der Waals surface area (Å²) >= 11 is 0. The number of likely N-dealkylation sites (tertiary alicyclic amines) is 1. The van der Waals surface area contributed by atoms with Gasteiger partial charge in [-0.05, 0) is 75.4 Å². The highest BCUT2D eigenvalue weighted by Crippen LogP contribution is 2.30. The molecule has 1 amide bonds. The summed E-state index contributed by atoms with van der Waals surface area (Å²) in [5.74, 6) is 0.898. The van der Waals surface area contributed by atoms with E-state index in [1.165, 1.54) is 43.5 Å². The second kappa shape index (κ2) is 7.85. The molecule has 2 heterocycles. The number of hydrogen-bond acceptors (Lipinski definition) is 3. The van der Waals surface area contributed by atoms with Crippen molar-refractivity contribution < 1.29 is 4.79 Å². The first-order valence-electron chi connectivity index (χ1n) is 10.2. The lowest BCUT2D eigenvalue weighted by atomic mass is 9.90. The summed E-state index contributed by atoms with van der Waals surface area (Å²) in [6.45, 7) is 3.12. The molecule has 1 aromatic heterocycles. The highest BCUT2D eigenvalue weighted by molar-refractivity contribution is 5.92. The summed E-state index contributed by atoms with van der Waals surface area (Å²) in [6, 6.07) is 11.1. The Morgan fingerprint density at radius 3 is 2.30 bits per heavy atom. The largest absolute Gasteiger partial charge is 0.330 e. The summed E-state index contributed by atoms with van der Waals surface area (Å²) < 4.78 is 1.67. The highest BCUT2D eigenvalue weighted by Gasteiger charge is 2.34. The Labute approximate surface area is 162 Å². The Bertz CT molecular complexity index is 770. The molecule has 27 heavy (non-hydrogen) atoms. The lowest BCUT2D eigenvalue weighted by Crippen LogP contribution is -2.33. The van der Waals surface area contributed by atoms with Crippen molar-refractivity contribution in [1.82, 2.24) is 19.6 Å². The van der Waals surface area contributed by atoms with Gasteiger partial charge in [0.1, 0.15) is 5.69 Å². The Kier molecular flexibility index (Phi) is 5.30. The van der Waals surface area contributed by atoms with E-state index in [1.54, 1.807) is 10.9 Å². The first kappa shape index (κ1) is 18.2. The molecule has 4 rings (SSSR count). The molecule has 1 aromatic carbocycles. The zero-order valence-corrected chi connectivity index (χ0v) is 16.5. The molecule has 2 fully saturated rings. The van der Waals surface area contributed by atoms with Gasteiger partial charge in [0.25, 0.3) is 5.91 Å². The second-order valence-corrected chi connectivity index (χ2v) is 8.27. The van der Waals surface area contributed by atoms with Gasteiger partial charge in [0.2, 0.25) is 0 Å². The molecule has 2 aliphatic rings. The van der Waals surface area contributed by atoms with Crippen LogP contribution in [0.2, 0.25) is 0 Å². The number of benzene rings is 1. The van der Waals surface area contributed by atoms with E-state index in [0.29, 0.717) is 18.3 Å². The SMILES string of the molecule is CN1CCC(Cc2ccc(CN(C(=O)c3ccnn3C)C3CC3)cc2)CC1. The molecule has 1 aliphatic heterocycles. The predicted molar refractivity (Wildman–Crippen MR) is 106 cm³/mol. The number of aryl methyl sites for hydroxylation is 1. The lowest BCUT2D eigenvalue weighted by molar-refractivity contribution is 0.0718. The highest BCUT2D eigenvalue weighted by atomic mass is 16.2. The Morgan fingerprint density at radius 2 is 1.70 bits per heavy atom. The maximum atomic E-state index is 12.9. The molecule has 1 aliphatic carbocycles. The summed E-state index contributed by atoms with van der Waals surface area (Å²) in [6.07, 6.45) is 7.68. The molecular weight excluding hydrogens is 336 g/mol. The number of piperidine rings is 1. The maximum absolute atomic E-state index is 12.9. The number of carbonyl (C=O) groups excluding carboxylic acids is 1. The van der Waals surface area contributed by atoms with E-state index in [0.717, 1.165) is 18.8 Å². The van der Waals surface area contributed by atoms with Gasteiger partial charge >= 0.3 is 0 Å². The van der Waals surface area contributed by atoms with E-state index in [4.69, 9.17) is 0 Å². The average Bonchev–Trinajstić information content (AvgIpc) is 3.43. The number of carbonyl (C=O) groups is 1. The first-order chi connectivity index (χ1) is 13.1. The van der Waals surface area contributed by atoms with Gasteiger partial charge in [0, 0.05) is 25.8 Å². The predicted octanol–water partition coefficient (Wildman–Crippen LogP) is 3.11. The summed E-state index contributed by atoms with van der Waals surface area (Å²) in [5.41, 5.74) is 3.30. The van der Waals surface area contributed by atoms with E-state index in [9.17, 15) is 4.79 Å². The Balaban J connectivity index is 1.39. The molecule has 0 bridgehead atoms. The third-order valence-corrected chi connectivity index (χ3v) is 6.03. The van der Waals surface area contributed by atoms with E-state index >= 15 is 0 Å². The van der Waals surface area contributed by atoms with E-state index in [-0.39, 0.29) is 5.91 Å². The van der Waals surface area contributed by atoms with Gasteiger partial charge in [-0.3, -0.25) is 9.48 Å². The standard InChI is InChI=1S/C22H30N4O/c1-24-13-10-18(11-14-24)15-17-3-5-19(6-4-17)16-26(20-7-8-20)22(27)21-9-12-23-25(21)2/h3-6,9,12,18,20H,7-8,10-11,13-16H2,1-2H3. The van der Waals surface area contributed by atoms with Crippen LogP contribution in [-0.2, 0) is 20.0 Å². The molecule has 0 unspecified atom stereocenters. The summed E-state index contributed by atoms with van der Waals surface area (Å²) in [5, 5.41) is 4.14. The molecule has 144 valence electrons. The molecule has 2 aromatic rings. The van der Waals surface area contributed by atoms with Crippen molar-refractivity contribution in [2.75, 3.05) is 20.1 Å². The van der Waals surface area contributed by atoms with Crippen LogP contribution in [-0.4, -0.2) is 51.7 Å². The van der Waals surface area contributed by atoms with Crippen molar-refractivity contribution >= 4 is 5.91 Å². The fraction of sp³-hybridized carbons (Fsp3) is 0.545. The molecule has 0 spiro atoms. The third kappa shape index (κ3) is 4.41. The normalized spacial score (nSPS) is 18.6. The Morgan fingerprint density at radius 1 is 1.04 bits per heavy atom. The monoisotopic (exact) mass is 366 g/mol. The van der Waals surface area contributed by atoms with Crippen LogP contribution in [0.4, 0.5) is 0 Å². The van der Waals surface area contributed by atoms with Crippen LogP contribution in [0, 0.1) is 5.92 Å². The van der Waals surface area contributed by atoms with E-state index < -0.39 is 0 Å². The summed E-state index contributed by atoms with van der Waals surface area (Å²) in [7, 11) is 4.04. The number of amides is 1. The van der Waals surface area contributed by atoms with Crippen molar-refractivity contribution in [3.05, 3.63) is 53.3 Å². The van der Waals surface area contributed by atoms with Crippen LogP contribution in [0.5, 0.6) is 0 Å². The molecule has 1 saturated carbocycles.